The zero-order valence-corrected chi connectivity index (χ0v) is 11.9. The van der Waals surface area contributed by atoms with Gasteiger partial charge in [-0.05, 0) is 31.5 Å². The van der Waals surface area contributed by atoms with Crippen molar-refractivity contribution in [2.45, 2.75) is 20.0 Å². The number of carbonyl (C=O) groups excluding carboxylic acids is 1. The van der Waals surface area contributed by atoms with E-state index in [1.807, 2.05) is 30.9 Å². The van der Waals surface area contributed by atoms with Crippen LogP contribution < -0.4 is 10.2 Å². The number of nitrogens with one attached hydrogen (secondary N) is 1. The molecule has 1 amide bonds. The van der Waals surface area contributed by atoms with Crippen molar-refractivity contribution in [3.8, 4) is 0 Å². The number of aryl methyl sites for hydroxylation is 1. The summed E-state index contributed by atoms with van der Waals surface area (Å²) in [6.45, 7) is 5.28. The van der Waals surface area contributed by atoms with Crippen molar-refractivity contribution in [2.24, 2.45) is 0 Å². The van der Waals surface area contributed by atoms with E-state index in [4.69, 9.17) is 0 Å². The topological polar surface area (TPSA) is 45.2 Å². The van der Waals surface area contributed by atoms with Crippen LogP contribution in [0.4, 0.5) is 19.0 Å². The Morgan fingerprint density at radius 2 is 2.19 bits per heavy atom. The van der Waals surface area contributed by atoms with Gasteiger partial charge in [-0.1, -0.05) is 0 Å². The van der Waals surface area contributed by atoms with Crippen molar-refractivity contribution < 1.29 is 18.0 Å². The molecule has 7 heteroatoms. The average Bonchev–Trinajstić information content (AvgIpc) is 2.40. The number of hydrogen-bond acceptors (Lipinski definition) is 3. The molecule has 21 heavy (non-hydrogen) atoms. The number of anilines is 1. The summed E-state index contributed by atoms with van der Waals surface area (Å²) in [7, 11) is 0. The highest BCUT2D eigenvalue weighted by Gasteiger charge is 2.22. The molecule has 0 aliphatic carbocycles. The van der Waals surface area contributed by atoms with Crippen molar-refractivity contribution in [3.63, 3.8) is 0 Å². The number of rotatable bonds is 6. The Hall–Kier alpha value is -2.05. The Labute approximate surface area is 121 Å². The highest BCUT2D eigenvalue weighted by Crippen LogP contribution is 2.15. The van der Waals surface area contributed by atoms with Gasteiger partial charge in [-0.2, -0.15) is 13.2 Å². The van der Waals surface area contributed by atoms with E-state index < -0.39 is 12.1 Å². The van der Waals surface area contributed by atoms with Crippen molar-refractivity contribution in [3.05, 3.63) is 36.0 Å². The fourth-order valence-corrected chi connectivity index (χ4v) is 1.67. The van der Waals surface area contributed by atoms with Crippen LogP contribution in [0.15, 0.2) is 30.5 Å². The fraction of sp³-hybridized carbons (Fsp3) is 0.429. The third-order valence-corrected chi connectivity index (χ3v) is 2.71. The second-order valence-corrected chi connectivity index (χ2v) is 4.44. The van der Waals surface area contributed by atoms with Gasteiger partial charge in [0.25, 0.3) is 0 Å². The standard InChI is InChI=1S/C14H18F3N3O/c1-3-20(12-10-11(2)5-7-18-12)9-8-19-13(21)4-6-14(15,16)17/h4-7,10H,3,8-9H2,1-2H3,(H,19,21). The molecule has 1 rings (SSSR count). The summed E-state index contributed by atoms with van der Waals surface area (Å²) in [5.74, 6) is 0.0122. The van der Waals surface area contributed by atoms with Crippen LogP contribution in [0.25, 0.3) is 0 Å². The molecule has 1 aromatic heterocycles. The number of likely N-dealkylation sites (N-methyl/N-ethyl adjacent to an activating group) is 1. The van der Waals surface area contributed by atoms with E-state index in [1.165, 1.54) is 0 Å². The molecule has 0 spiro atoms. The van der Waals surface area contributed by atoms with E-state index in [0.717, 1.165) is 11.4 Å². The summed E-state index contributed by atoms with van der Waals surface area (Å²) in [6, 6.07) is 3.79. The summed E-state index contributed by atoms with van der Waals surface area (Å²) in [5, 5.41) is 2.41. The minimum absolute atomic E-state index is 0.0813. The molecule has 0 saturated carbocycles. The molecule has 0 atom stereocenters. The zero-order valence-electron chi connectivity index (χ0n) is 11.9. The molecule has 0 saturated heterocycles. The zero-order chi connectivity index (χ0) is 15.9. The van der Waals surface area contributed by atoms with Crippen LogP contribution in [0, 0.1) is 6.92 Å². The lowest BCUT2D eigenvalue weighted by Gasteiger charge is -2.22. The van der Waals surface area contributed by atoms with E-state index in [0.29, 0.717) is 19.2 Å². The molecule has 1 heterocycles. The number of hydrogen-bond donors (Lipinski definition) is 1. The van der Waals surface area contributed by atoms with Gasteiger partial charge >= 0.3 is 6.18 Å². The van der Waals surface area contributed by atoms with E-state index in [-0.39, 0.29) is 12.6 Å². The first kappa shape index (κ1) is 17.0. The van der Waals surface area contributed by atoms with Crippen molar-refractivity contribution >= 4 is 11.7 Å². The summed E-state index contributed by atoms with van der Waals surface area (Å²) in [6.07, 6.45) is -2.38. The second-order valence-electron chi connectivity index (χ2n) is 4.44. The van der Waals surface area contributed by atoms with Crippen molar-refractivity contribution in [2.75, 3.05) is 24.5 Å². The normalized spacial score (nSPS) is 11.7. The van der Waals surface area contributed by atoms with Gasteiger partial charge in [0.2, 0.25) is 5.91 Å². The van der Waals surface area contributed by atoms with Gasteiger partial charge in [0.1, 0.15) is 5.82 Å². The molecular formula is C14H18F3N3O. The van der Waals surface area contributed by atoms with Crippen LogP contribution in [0.3, 0.4) is 0 Å². The third-order valence-electron chi connectivity index (χ3n) is 2.71. The van der Waals surface area contributed by atoms with Crippen molar-refractivity contribution in [1.29, 1.82) is 0 Å². The van der Waals surface area contributed by atoms with E-state index >= 15 is 0 Å². The van der Waals surface area contributed by atoms with Gasteiger partial charge in [-0.25, -0.2) is 4.98 Å². The quantitative estimate of drug-likeness (QED) is 0.821. The maximum absolute atomic E-state index is 11.9. The Morgan fingerprint density at radius 1 is 1.48 bits per heavy atom. The summed E-state index contributed by atoms with van der Waals surface area (Å²) >= 11 is 0. The lowest BCUT2D eigenvalue weighted by molar-refractivity contribution is -0.117. The lowest BCUT2D eigenvalue weighted by atomic mass is 10.3. The number of alkyl halides is 3. The van der Waals surface area contributed by atoms with Crippen LogP contribution >= 0.6 is 0 Å². The predicted molar refractivity (Wildman–Crippen MR) is 75.1 cm³/mol. The molecule has 0 unspecified atom stereocenters. The average molecular weight is 301 g/mol. The van der Waals surface area contributed by atoms with Crippen LogP contribution in [-0.2, 0) is 4.79 Å². The Balaban J connectivity index is 2.46. The third kappa shape index (κ3) is 6.78. The maximum Gasteiger partial charge on any atom is 0.409 e. The van der Waals surface area contributed by atoms with Gasteiger partial charge in [-0.3, -0.25) is 4.79 Å². The SMILES string of the molecule is CCN(CCNC(=O)C=CC(F)(F)F)c1cc(C)ccn1. The number of amides is 1. The molecule has 116 valence electrons. The predicted octanol–water partition coefficient (Wildman–Crippen LogP) is 2.45. The highest BCUT2D eigenvalue weighted by molar-refractivity contribution is 5.87. The number of pyridine rings is 1. The van der Waals surface area contributed by atoms with Crippen LogP contribution in [0.5, 0.6) is 0 Å². The molecule has 1 aromatic rings. The van der Waals surface area contributed by atoms with Crippen LogP contribution in [-0.4, -0.2) is 36.7 Å². The molecule has 0 radical (unpaired) electrons. The van der Waals surface area contributed by atoms with Gasteiger partial charge < -0.3 is 10.2 Å². The summed E-state index contributed by atoms with van der Waals surface area (Å²) in [4.78, 5) is 17.4. The minimum Gasteiger partial charge on any atom is -0.355 e. The molecule has 1 N–H and O–H groups in total. The molecule has 0 aliphatic rings. The first-order valence-electron chi connectivity index (χ1n) is 6.53. The van der Waals surface area contributed by atoms with E-state index in [1.54, 1.807) is 6.20 Å². The molecular weight excluding hydrogens is 283 g/mol. The molecule has 0 aromatic carbocycles. The number of allylic oxidation sites excluding steroid dienone is 1. The fourth-order valence-electron chi connectivity index (χ4n) is 1.67. The van der Waals surface area contributed by atoms with Crippen molar-refractivity contribution in [1.82, 2.24) is 10.3 Å². The van der Waals surface area contributed by atoms with Gasteiger partial charge in [0.05, 0.1) is 0 Å². The Kier molecular flexibility index (Phi) is 6.20. The first-order chi connectivity index (χ1) is 9.81. The number of halogens is 3. The minimum atomic E-state index is -4.47. The van der Waals surface area contributed by atoms with Gasteiger partial charge in [-0.15, -0.1) is 0 Å². The van der Waals surface area contributed by atoms with E-state index in [9.17, 15) is 18.0 Å². The Morgan fingerprint density at radius 3 is 2.76 bits per heavy atom. The second kappa shape index (κ2) is 7.66. The summed E-state index contributed by atoms with van der Waals surface area (Å²) in [5.41, 5.74) is 1.07. The number of nitrogens with zero attached hydrogens (tertiary/aromatic N) is 2. The van der Waals surface area contributed by atoms with Crippen LogP contribution in [0.1, 0.15) is 12.5 Å². The smallest absolute Gasteiger partial charge is 0.355 e. The molecule has 0 bridgehead atoms. The monoisotopic (exact) mass is 301 g/mol. The van der Waals surface area contributed by atoms with Crippen LogP contribution in [0.2, 0.25) is 0 Å². The summed E-state index contributed by atoms with van der Waals surface area (Å²) < 4.78 is 35.7. The first-order valence-corrected chi connectivity index (χ1v) is 6.53. The maximum atomic E-state index is 11.9. The highest BCUT2D eigenvalue weighted by atomic mass is 19.4. The number of aromatic nitrogens is 1. The largest absolute Gasteiger partial charge is 0.409 e. The molecule has 0 aliphatic heterocycles. The Bertz CT molecular complexity index is 500. The molecule has 0 fully saturated rings. The number of carbonyl (C=O) groups is 1. The van der Waals surface area contributed by atoms with Gasteiger partial charge in [0, 0.05) is 38.0 Å². The lowest BCUT2D eigenvalue weighted by Crippen LogP contribution is -2.34. The molecule has 4 nitrogen and oxygen atoms in total. The van der Waals surface area contributed by atoms with E-state index in [2.05, 4.69) is 10.3 Å². The van der Waals surface area contributed by atoms with Gasteiger partial charge in [0.15, 0.2) is 0 Å².